The number of carbonyl (C=O) groups is 4. The molecule has 156 valence electrons. The Balaban J connectivity index is 4.89. The standard InChI is InChI=1S/C14H22O13/c1-2-14(3-15,4-26-12(24)8(18)6(16)10(20)21)5-27-13(25)9(19)7(17)11(22)23/h6-9,15-19H,2-5H2,1H3,(H,20,21)(H,22,23). The third-order valence-electron chi connectivity index (χ3n) is 3.71. The molecule has 0 saturated heterocycles. The lowest BCUT2D eigenvalue weighted by atomic mass is 9.88. The lowest BCUT2D eigenvalue weighted by Crippen LogP contribution is -2.45. The Kier molecular flexibility index (Phi) is 9.82. The molecule has 0 aromatic carbocycles. The summed E-state index contributed by atoms with van der Waals surface area (Å²) in [5, 5.41) is 63.3. The molecule has 0 rings (SSSR count). The minimum absolute atomic E-state index is 0.0270. The molecular formula is C14H22O13. The molecule has 0 heterocycles. The van der Waals surface area contributed by atoms with Crippen LogP contribution in [0.5, 0.6) is 0 Å². The number of aliphatic hydroxyl groups excluding tert-OH is 5. The quantitative estimate of drug-likeness (QED) is 0.156. The molecular weight excluding hydrogens is 376 g/mol. The van der Waals surface area contributed by atoms with Gasteiger partial charge in [0.15, 0.2) is 24.4 Å². The van der Waals surface area contributed by atoms with Crippen LogP contribution in [0.1, 0.15) is 13.3 Å². The molecule has 0 saturated carbocycles. The van der Waals surface area contributed by atoms with E-state index in [2.05, 4.69) is 9.47 Å². The van der Waals surface area contributed by atoms with Crippen LogP contribution in [-0.4, -0.2) is 104 Å². The van der Waals surface area contributed by atoms with Crippen LogP contribution in [0.25, 0.3) is 0 Å². The van der Waals surface area contributed by atoms with Crippen molar-refractivity contribution in [1.29, 1.82) is 0 Å². The number of carboxylic acids is 2. The van der Waals surface area contributed by atoms with Gasteiger partial charge in [0.2, 0.25) is 0 Å². The number of ether oxygens (including phenoxy) is 2. The van der Waals surface area contributed by atoms with Crippen molar-refractivity contribution >= 4 is 23.9 Å². The summed E-state index contributed by atoms with van der Waals surface area (Å²) in [6, 6.07) is 0. The third-order valence-corrected chi connectivity index (χ3v) is 3.71. The number of hydrogen-bond donors (Lipinski definition) is 7. The molecule has 0 aliphatic rings. The fraction of sp³-hybridized carbons (Fsp3) is 0.714. The van der Waals surface area contributed by atoms with Crippen LogP contribution in [0.15, 0.2) is 0 Å². The second-order valence-corrected chi connectivity index (χ2v) is 5.68. The number of carboxylic acid groups (broad SMARTS) is 2. The van der Waals surface area contributed by atoms with E-state index in [-0.39, 0.29) is 6.42 Å². The summed E-state index contributed by atoms with van der Waals surface area (Å²) < 4.78 is 9.26. The first-order chi connectivity index (χ1) is 12.4. The second kappa shape index (κ2) is 10.7. The summed E-state index contributed by atoms with van der Waals surface area (Å²) in [5.74, 6) is -6.76. The molecule has 7 N–H and O–H groups in total. The van der Waals surface area contributed by atoms with Gasteiger partial charge < -0.3 is 45.2 Å². The van der Waals surface area contributed by atoms with Crippen LogP contribution in [0.4, 0.5) is 0 Å². The van der Waals surface area contributed by atoms with Gasteiger partial charge >= 0.3 is 23.9 Å². The van der Waals surface area contributed by atoms with E-state index >= 15 is 0 Å². The van der Waals surface area contributed by atoms with E-state index in [0.29, 0.717) is 0 Å². The molecule has 27 heavy (non-hydrogen) atoms. The highest BCUT2D eigenvalue weighted by Crippen LogP contribution is 2.23. The highest BCUT2D eigenvalue weighted by molar-refractivity contribution is 5.84. The molecule has 0 aromatic rings. The largest absolute Gasteiger partial charge is 0.479 e. The molecule has 0 bridgehead atoms. The molecule has 4 atom stereocenters. The zero-order valence-electron chi connectivity index (χ0n) is 14.2. The summed E-state index contributed by atoms with van der Waals surface area (Å²) >= 11 is 0. The van der Waals surface area contributed by atoms with E-state index in [9.17, 15) is 34.5 Å². The number of hydrogen-bond acceptors (Lipinski definition) is 11. The van der Waals surface area contributed by atoms with Gasteiger partial charge in [-0.3, -0.25) is 0 Å². The van der Waals surface area contributed by atoms with E-state index in [0.717, 1.165) is 0 Å². The summed E-state index contributed by atoms with van der Waals surface area (Å²) in [6.07, 6.45) is -9.64. The first kappa shape index (κ1) is 24.7. The van der Waals surface area contributed by atoms with Crippen LogP contribution in [0.2, 0.25) is 0 Å². The van der Waals surface area contributed by atoms with Gasteiger partial charge in [-0.15, -0.1) is 0 Å². The van der Waals surface area contributed by atoms with Gasteiger partial charge in [0.25, 0.3) is 0 Å². The average Bonchev–Trinajstić information content (AvgIpc) is 2.65. The number of carbonyl (C=O) groups excluding carboxylic acids is 2. The molecule has 0 radical (unpaired) electrons. The molecule has 13 heteroatoms. The van der Waals surface area contributed by atoms with Gasteiger partial charge in [0, 0.05) is 0 Å². The first-order valence-corrected chi connectivity index (χ1v) is 7.54. The molecule has 0 aromatic heterocycles. The van der Waals surface area contributed by atoms with Crippen LogP contribution in [0.3, 0.4) is 0 Å². The summed E-state index contributed by atoms with van der Waals surface area (Å²) in [6.45, 7) is -0.581. The van der Waals surface area contributed by atoms with Gasteiger partial charge in [-0.05, 0) is 6.42 Å². The van der Waals surface area contributed by atoms with Crippen LogP contribution in [-0.2, 0) is 28.7 Å². The molecule has 0 aliphatic carbocycles. The molecule has 0 fully saturated rings. The van der Waals surface area contributed by atoms with E-state index < -0.39 is 73.5 Å². The fourth-order valence-electron chi connectivity index (χ4n) is 1.60. The van der Waals surface area contributed by atoms with Gasteiger partial charge in [-0.2, -0.15) is 0 Å². The lowest BCUT2D eigenvalue weighted by molar-refractivity contribution is -0.179. The van der Waals surface area contributed by atoms with Gasteiger partial charge in [-0.25, -0.2) is 19.2 Å². The Morgan fingerprint density at radius 3 is 1.33 bits per heavy atom. The van der Waals surface area contributed by atoms with Gasteiger partial charge in [-0.1, -0.05) is 6.92 Å². The first-order valence-electron chi connectivity index (χ1n) is 7.54. The molecule has 0 amide bonds. The van der Waals surface area contributed by atoms with Crippen molar-refractivity contribution in [3.05, 3.63) is 0 Å². The molecule has 0 aliphatic heterocycles. The van der Waals surface area contributed by atoms with E-state index in [4.69, 9.17) is 20.4 Å². The average molecular weight is 398 g/mol. The monoisotopic (exact) mass is 398 g/mol. The van der Waals surface area contributed by atoms with Crippen LogP contribution >= 0.6 is 0 Å². The van der Waals surface area contributed by atoms with E-state index in [1.807, 2.05) is 0 Å². The SMILES string of the molecule is CCC(CO)(COC(=O)C(O)C(O)C(=O)O)COC(=O)C(O)C(O)C(=O)O. The summed E-state index contributed by atoms with van der Waals surface area (Å²) in [5.41, 5.74) is -1.44. The Bertz CT molecular complexity index is 497. The predicted molar refractivity (Wildman–Crippen MR) is 81.0 cm³/mol. The Labute approximate surface area is 152 Å². The minimum atomic E-state index is -2.44. The van der Waals surface area contributed by atoms with Crippen molar-refractivity contribution in [3.8, 4) is 0 Å². The smallest absolute Gasteiger partial charge is 0.338 e. The molecule has 0 spiro atoms. The van der Waals surface area contributed by atoms with Crippen LogP contribution in [0, 0.1) is 5.41 Å². The Morgan fingerprint density at radius 1 is 0.778 bits per heavy atom. The van der Waals surface area contributed by atoms with Crippen molar-refractivity contribution in [3.63, 3.8) is 0 Å². The summed E-state index contributed by atoms with van der Waals surface area (Å²) in [4.78, 5) is 44.1. The topological polar surface area (TPSA) is 228 Å². The highest BCUT2D eigenvalue weighted by atomic mass is 16.6. The van der Waals surface area contributed by atoms with Crippen molar-refractivity contribution in [2.45, 2.75) is 37.8 Å². The summed E-state index contributed by atoms with van der Waals surface area (Å²) in [7, 11) is 0. The zero-order chi connectivity index (χ0) is 21.4. The van der Waals surface area contributed by atoms with Crippen LogP contribution < -0.4 is 0 Å². The van der Waals surface area contributed by atoms with Crippen molar-refractivity contribution in [1.82, 2.24) is 0 Å². The van der Waals surface area contributed by atoms with E-state index in [1.165, 1.54) is 6.92 Å². The minimum Gasteiger partial charge on any atom is -0.479 e. The van der Waals surface area contributed by atoms with Gasteiger partial charge in [0.1, 0.15) is 13.2 Å². The Morgan fingerprint density at radius 2 is 1.11 bits per heavy atom. The van der Waals surface area contributed by atoms with E-state index in [1.54, 1.807) is 0 Å². The third kappa shape index (κ3) is 7.07. The van der Waals surface area contributed by atoms with Gasteiger partial charge in [0.05, 0.1) is 12.0 Å². The maximum atomic E-state index is 11.6. The Hall–Kier alpha value is -2.32. The zero-order valence-corrected chi connectivity index (χ0v) is 14.2. The highest BCUT2D eigenvalue weighted by Gasteiger charge is 2.37. The number of aliphatic carboxylic acids is 2. The molecule has 13 nitrogen and oxygen atoms in total. The number of aliphatic hydroxyl groups is 5. The number of esters is 2. The van der Waals surface area contributed by atoms with Crippen molar-refractivity contribution < 1.29 is 64.4 Å². The second-order valence-electron chi connectivity index (χ2n) is 5.68. The molecule has 4 unspecified atom stereocenters. The van der Waals surface area contributed by atoms with Crippen molar-refractivity contribution in [2.24, 2.45) is 5.41 Å². The van der Waals surface area contributed by atoms with Crippen molar-refractivity contribution in [2.75, 3.05) is 19.8 Å². The maximum Gasteiger partial charge on any atom is 0.338 e. The maximum absolute atomic E-state index is 11.6. The normalized spacial score (nSPS) is 17.7. The number of rotatable bonds is 12. The predicted octanol–water partition coefficient (Wildman–Crippen LogP) is -3.93. The lowest BCUT2D eigenvalue weighted by Gasteiger charge is -2.30. The fourth-order valence-corrected chi connectivity index (χ4v) is 1.60.